The summed E-state index contributed by atoms with van der Waals surface area (Å²) >= 11 is 12.8. The van der Waals surface area contributed by atoms with Crippen LogP contribution in [0.1, 0.15) is 16.1 Å². The molecule has 0 N–H and O–H groups in total. The summed E-state index contributed by atoms with van der Waals surface area (Å²) in [5, 5.41) is 1.04. The van der Waals surface area contributed by atoms with Crippen molar-refractivity contribution in [3.05, 3.63) is 64.7 Å². The van der Waals surface area contributed by atoms with Gasteiger partial charge < -0.3 is 4.90 Å². The highest BCUT2D eigenvalue weighted by molar-refractivity contribution is 7.82. The van der Waals surface area contributed by atoms with Crippen LogP contribution in [-0.4, -0.2) is 19.9 Å². The van der Waals surface area contributed by atoms with Gasteiger partial charge >= 0.3 is 0 Å². The lowest BCUT2D eigenvalue weighted by molar-refractivity contribution is 0.635. The summed E-state index contributed by atoms with van der Waals surface area (Å²) in [7, 11) is 0. The highest BCUT2D eigenvalue weighted by Gasteiger charge is 2.29. The number of aromatic nitrogens is 1. The van der Waals surface area contributed by atoms with Crippen LogP contribution in [0, 0.1) is 0 Å². The van der Waals surface area contributed by atoms with E-state index in [1.165, 1.54) is 4.70 Å². The summed E-state index contributed by atoms with van der Waals surface area (Å²) in [4.78, 5) is 8.27. The fourth-order valence-corrected chi connectivity index (χ4v) is 4.19. The zero-order chi connectivity index (χ0) is 14.4. The van der Waals surface area contributed by atoms with Crippen LogP contribution in [0.4, 0.5) is 0 Å². The highest BCUT2D eigenvalue weighted by Crippen LogP contribution is 2.28. The molecule has 0 spiro atoms. The molecule has 1 aliphatic heterocycles. The number of hydrogen-bond acceptors (Lipinski definition) is 4. The molecular formula is C16H10N2S3. The van der Waals surface area contributed by atoms with Crippen LogP contribution in [-0.2, 0) is 6.54 Å². The molecule has 0 fully saturated rings. The second-order valence-electron chi connectivity index (χ2n) is 4.82. The number of thiazole rings is 1. The van der Waals surface area contributed by atoms with Gasteiger partial charge in [0.15, 0.2) is 0 Å². The Labute approximate surface area is 137 Å². The predicted molar refractivity (Wildman–Crippen MR) is 95.0 cm³/mol. The van der Waals surface area contributed by atoms with Crippen LogP contribution in [0.3, 0.4) is 0 Å². The third-order valence-corrected chi connectivity index (χ3v) is 5.41. The standard InChI is InChI=1S/C16H10N2S3/c19-15-10-5-1-2-6-11(10)16(20)18(15)9-14-17-12-7-3-4-8-13(12)21-14/h1-8H,9H2. The summed E-state index contributed by atoms with van der Waals surface area (Å²) < 4.78 is 1.20. The number of rotatable bonds is 2. The van der Waals surface area contributed by atoms with Gasteiger partial charge in [-0.15, -0.1) is 11.3 Å². The highest BCUT2D eigenvalue weighted by atomic mass is 32.1. The average molecular weight is 326 g/mol. The van der Waals surface area contributed by atoms with Gasteiger partial charge in [-0.3, -0.25) is 0 Å². The second-order valence-corrected chi connectivity index (χ2v) is 6.71. The van der Waals surface area contributed by atoms with Crippen LogP contribution < -0.4 is 0 Å². The Balaban J connectivity index is 1.69. The van der Waals surface area contributed by atoms with Gasteiger partial charge in [-0.1, -0.05) is 60.8 Å². The smallest absolute Gasteiger partial charge is 0.115 e. The minimum atomic E-state index is 0.645. The first-order chi connectivity index (χ1) is 10.2. The molecule has 3 aromatic rings. The molecule has 1 aliphatic rings. The van der Waals surface area contributed by atoms with Gasteiger partial charge in [0.25, 0.3) is 0 Å². The monoisotopic (exact) mass is 326 g/mol. The minimum absolute atomic E-state index is 0.645. The van der Waals surface area contributed by atoms with E-state index >= 15 is 0 Å². The molecular weight excluding hydrogens is 316 g/mol. The predicted octanol–water partition coefficient (Wildman–Crippen LogP) is 4.16. The van der Waals surface area contributed by atoms with Crippen LogP contribution in [0.15, 0.2) is 48.5 Å². The lowest BCUT2D eigenvalue weighted by atomic mass is 10.1. The molecule has 0 bridgehead atoms. The Morgan fingerprint density at radius 2 is 1.52 bits per heavy atom. The molecule has 4 rings (SSSR count). The average Bonchev–Trinajstić information content (AvgIpc) is 3.02. The first-order valence-electron chi connectivity index (χ1n) is 6.54. The molecule has 0 amide bonds. The van der Waals surface area contributed by atoms with Crippen LogP contribution in [0.25, 0.3) is 10.2 Å². The van der Waals surface area contributed by atoms with E-state index in [0.29, 0.717) is 6.54 Å². The fraction of sp³-hybridized carbons (Fsp3) is 0.0625. The Morgan fingerprint density at radius 3 is 2.19 bits per heavy atom. The largest absolute Gasteiger partial charge is 0.316 e. The molecule has 0 radical (unpaired) electrons. The van der Waals surface area contributed by atoms with Gasteiger partial charge in [0, 0.05) is 11.1 Å². The van der Waals surface area contributed by atoms with Gasteiger partial charge in [-0.25, -0.2) is 4.98 Å². The molecule has 0 saturated heterocycles. The molecule has 0 unspecified atom stereocenters. The van der Waals surface area contributed by atoms with Crippen molar-refractivity contribution in [1.82, 2.24) is 9.88 Å². The zero-order valence-electron chi connectivity index (χ0n) is 10.9. The van der Waals surface area contributed by atoms with E-state index in [-0.39, 0.29) is 0 Å². The Bertz CT molecular complexity index is 814. The van der Waals surface area contributed by atoms with Gasteiger partial charge in [0.1, 0.15) is 15.0 Å². The van der Waals surface area contributed by atoms with Crippen molar-refractivity contribution in [2.24, 2.45) is 0 Å². The van der Waals surface area contributed by atoms with E-state index in [1.54, 1.807) is 11.3 Å². The van der Waals surface area contributed by atoms with Crippen molar-refractivity contribution in [3.8, 4) is 0 Å². The molecule has 0 atom stereocenters. The van der Waals surface area contributed by atoms with Crippen molar-refractivity contribution >= 4 is 56.0 Å². The van der Waals surface area contributed by atoms with E-state index < -0.39 is 0 Å². The maximum atomic E-state index is 5.57. The first-order valence-corrected chi connectivity index (χ1v) is 8.17. The molecule has 0 aliphatic carbocycles. The van der Waals surface area contributed by atoms with E-state index in [9.17, 15) is 0 Å². The summed E-state index contributed by atoms with van der Waals surface area (Å²) in [5.74, 6) is 0. The topological polar surface area (TPSA) is 16.1 Å². The van der Waals surface area contributed by atoms with Crippen LogP contribution in [0.5, 0.6) is 0 Å². The summed E-state index contributed by atoms with van der Waals surface area (Å²) in [6.45, 7) is 0.645. The number of thiocarbonyl (C=S) groups is 2. The van der Waals surface area contributed by atoms with Crippen molar-refractivity contribution < 1.29 is 0 Å². The van der Waals surface area contributed by atoms with Crippen molar-refractivity contribution in [1.29, 1.82) is 0 Å². The third-order valence-electron chi connectivity index (χ3n) is 3.51. The lowest BCUT2D eigenvalue weighted by Gasteiger charge is -2.16. The minimum Gasteiger partial charge on any atom is -0.316 e. The maximum absolute atomic E-state index is 5.57. The van der Waals surface area contributed by atoms with Crippen LogP contribution in [0.2, 0.25) is 0 Å². The van der Waals surface area contributed by atoms with Crippen molar-refractivity contribution in [2.45, 2.75) is 6.54 Å². The normalized spacial score (nSPS) is 14.0. The fourth-order valence-electron chi connectivity index (χ4n) is 2.51. The third kappa shape index (κ3) is 2.09. The molecule has 2 nitrogen and oxygen atoms in total. The quantitative estimate of drug-likeness (QED) is 0.657. The second kappa shape index (κ2) is 4.94. The number of para-hydroxylation sites is 1. The number of nitrogens with zero attached hydrogens (tertiary/aromatic N) is 2. The SMILES string of the molecule is S=C1c2ccccc2C(=S)N1Cc1nc2ccccc2s1. The van der Waals surface area contributed by atoms with Crippen molar-refractivity contribution in [3.63, 3.8) is 0 Å². The van der Waals surface area contributed by atoms with Crippen molar-refractivity contribution in [2.75, 3.05) is 0 Å². The Morgan fingerprint density at radius 1 is 0.905 bits per heavy atom. The molecule has 1 aromatic heterocycles. The summed E-state index contributed by atoms with van der Waals surface area (Å²) in [6.07, 6.45) is 0. The molecule has 0 saturated carbocycles. The molecule has 5 heteroatoms. The number of hydrogen-bond donors (Lipinski definition) is 0. The molecule has 102 valence electrons. The number of fused-ring (bicyclic) bond motifs is 2. The molecule has 2 aromatic carbocycles. The Hall–Kier alpha value is -1.69. The van der Waals surface area contributed by atoms with E-state index in [1.807, 2.05) is 47.4 Å². The van der Waals surface area contributed by atoms with E-state index in [2.05, 4.69) is 11.1 Å². The number of benzene rings is 2. The van der Waals surface area contributed by atoms with Gasteiger partial charge in [-0.2, -0.15) is 0 Å². The van der Waals surface area contributed by atoms with Gasteiger partial charge in [0.05, 0.1) is 16.8 Å². The Kier molecular flexibility index (Phi) is 3.06. The lowest BCUT2D eigenvalue weighted by Crippen LogP contribution is -2.27. The van der Waals surface area contributed by atoms with E-state index in [4.69, 9.17) is 24.4 Å². The maximum Gasteiger partial charge on any atom is 0.115 e. The van der Waals surface area contributed by atoms with E-state index in [0.717, 1.165) is 31.6 Å². The van der Waals surface area contributed by atoms with Crippen LogP contribution >= 0.6 is 35.8 Å². The first kappa shape index (κ1) is 13.0. The summed E-state index contributed by atoms with van der Waals surface area (Å²) in [5.41, 5.74) is 3.14. The summed E-state index contributed by atoms with van der Waals surface area (Å²) in [6, 6.07) is 16.2. The molecule has 21 heavy (non-hydrogen) atoms. The van der Waals surface area contributed by atoms with Gasteiger partial charge in [0.2, 0.25) is 0 Å². The zero-order valence-corrected chi connectivity index (χ0v) is 13.4. The van der Waals surface area contributed by atoms with Gasteiger partial charge in [-0.05, 0) is 12.1 Å². The molecule has 2 heterocycles.